The molecule has 0 bridgehead atoms. The molecule has 2 N–H and O–H groups in total. The molecule has 168 valence electrons. The third kappa shape index (κ3) is 8.32. The first kappa shape index (κ1) is 24.8. The second-order valence-electron chi connectivity index (χ2n) is 5.89. The normalized spacial score (nSPS) is 10.5. The average molecular weight is 487 g/mol. The lowest BCUT2D eigenvalue weighted by atomic mass is 10.3. The van der Waals surface area contributed by atoms with Crippen LogP contribution in [0.3, 0.4) is 0 Å². The molecule has 2 amide bonds. The predicted molar refractivity (Wildman–Crippen MR) is 111 cm³/mol. The lowest BCUT2D eigenvalue weighted by Crippen LogP contribution is -2.21. The number of rotatable bonds is 8. The standard InChI is InChI=1S/C20H14Cl2F2N2O6/c21-13-7-11(23)1-3-15(13)25-17(27)9-31-19(29)5-6-20(30)32-10-18(28)26-16-4-2-12(24)8-14(16)22/h1-8H,9-10H2,(H,25,27)(H,26,28)/b6-5+. The fraction of sp³-hybridized carbons (Fsp3) is 0.100. The molecule has 2 rings (SSSR count). The monoisotopic (exact) mass is 486 g/mol. The summed E-state index contributed by atoms with van der Waals surface area (Å²) in [6.45, 7) is -1.40. The molecule has 32 heavy (non-hydrogen) atoms. The molecule has 2 aromatic rings. The first-order valence-electron chi connectivity index (χ1n) is 8.65. The highest BCUT2D eigenvalue weighted by atomic mass is 35.5. The van der Waals surface area contributed by atoms with Crippen LogP contribution >= 0.6 is 23.2 Å². The van der Waals surface area contributed by atoms with E-state index in [1.54, 1.807) is 0 Å². The quantitative estimate of drug-likeness (QED) is 0.436. The average Bonchev–Trinajstić information content (AvgIpc) is 2.73. The molecule has 0 aliphatic heterocycles. The van der Waals surface area contributed by atoms with Gasteiger partial charge in [-0.25, -0.2) is 18.4 Å². The second kappa shape index (κ2) is 11.8. The van der Waals surface area contributed by atoms with Crippen molar-refractivity contribution in [2.75, 3.05) is 23.8 Å². The molecular formula is C20H14Cl2F2N2O6. The smallest absolute Gasteiger partial charge is 0.331 e. The first-order chi connectivity index (χ1) is 15.1. The fourth-order valence-corrected chi connectivity index (χ4v) is 2.49. The Morgan fingerprint density at radius 2 is 1.12 bits per heavy atom. The molecule has 12 heteroatoms. The van der Waals surface area contributed by atoms with Crippen molar-refractivity contribution in [2.24, 2.45) is 0 Å². The van der Waals surface area contributed by atoms with E-state index in [1.807, 2.05) is 0 Å². The molecule has 0 atom stereocenters. The number of halogens is 4. The number of amides is 2. The van der Waals surface area contributed by atoms with Crippen LogP contribution in [0.25, 0.3) is 0 Å². The van der Waals surface area contributed by atoms with Gasteiger partial charge in [-0.3, -0.25) is 9.59 Å². The molecule has 0 fully saturated rings. The molecule has 0 radical (unpaired) electrons. The largest absolute Gasteiger partial charge is 0.452 e. The maximum absolute atomic E-state index is 13.0. The van der Waals surface area contributed by atoms with Crippen LogP contribution in [0.2, 0.25) is 10.0 Å². The summed E-state index contributed by atoms with van der Waals surface area (Å²) in [6, 6.07) is 6.60. The SMILES string of the molecule is O=C(COC(=O)/C=C/C(=O)OCC(=O)Nc1ccc(F)cc1Cl)Nc1ccc(F)cc1Cl. The summed E-state index contributed by atoms with van der Waals surface area (Å²) >= 11 is 11.5. The number of ether oxygens (including phenoxy) is 2. The third-order valence-electron chi connectivity index (χ3n) is 3.46. The van der Waals surface area contributed by atoms with E-state index in [9.17, 15) is 28.0 Å². The number of anilines is 2. The van der Waals surface area contributed by atoms with Gasteiger partial charge in [-0.15, -0.1) is 0 Å². The Hall–Kier alpha value is -3.50. The highest BCUT2D eigenvalue weighted by Gasteiger charge is 2.11. The van der Waals surface area contributed by atoms with Gasteiger partial charge in [0.15, 0.2) is 13.2 Å². The summed E-state index contributed by atoms with van der Waals surface area (Å²) in [5.74, 6) is -4.76. The van der Waals surface area contributed by atoms with E-state index >= 15 is 0 Å². The van der Waals surface area contributed by atoms with Crippen LogP contribution in [0.1, 0.15) is 0 Å². The molecular weight excluding hydrogens is 473 g/mol. The topological polar surface area (TPSA) is 111 Å². The maximum atomic E-state index is 13.0. The fourth-order valence-electron chi connectivity index (χ4n) is 2.06. The van der Waals surface area contributed by atoms with Gasteiger partial charge in [0.25, 0.3) is 11.8 Å². The minimum atomic E-state index is -1.04. The molecule has 0 saturated heterocycles. The molecule has 0 aliphatic rings. The zero-order valence-corrected chi connectivity index (χ0v) is 17.5. The number of hydrogen-bond acceptors (Lipinski definition) is 6. The predicted octanol–water partition coefficient (Wildman–Crippen LogP) is 3.49. The van der Waals surface area contributed by atoms with Gasteiger partial charge >= 0.3 is 11.9 Å². The second-order valence-corrected chi connectivity index (χ2v) is 6.71. The Kier molecular flexibility index (Phi) is 9.11. The molecule has 0 aromatic heterocycles. The van der Waals surface area contributed by atoms with E-state index in [0.29, 0.717) is 12.2 Å². The van der Waals surface area contributed by atoms with Crippen LogP contribution in [-0.2, 0) is 28.7 Å². The van der Waals surface area contributed by atoms with Crippen LogP contribution in [-0.4, -0.2) is 37.0 Å². The molecule has 0 saturated carbocycles. The number of esters is 2. The Balaban J connectivity index is 1.71. The summed E-state index contributed by atoms with van der Waals surface area (Å²) in [4.78, 5) is 46.6. The summed E-state index contributed by atoms with van der Waals surface area (Å²) in [7, 11) is 0. The molecule has 0 heterocycles. The zero-order chi connectivity index (χ0) is 23.7. The van der Waals surface area contributed by atoms with Crippen molar-refractivity contribution >= 4 is 58.3 Å². The number of carbonyl (C=O) groups is 4. The van der Waals surface area contributed by atoms with Crippen molar-refractivity contribution in [3.8, 4) is 0 Å². The molecule has 8 nitrogen and oxygen atoms in total. The van der Waals surface area contributed by atoms with Crippen molar-refractivity contribution in [1.29, 1.82) is 0 Å². The number of nitrogens with one attached hydrogen (secondary N) is 2. The van der Waals surface area contributed by atoms with E-state index in [-0.39, 0.29) is 21.4 Å². The van der Waals surface area contributed by atoms with Gasteiger partial charge in [0.2, 0.25) is 0 Å². The molecule has 2 aromatic carbocycles. The lowest BCUT2D eigenvalue weighted by Gasteiger charge is -2.07. The lowest BCUT2D eigenvalue weighted by molar-refractivity contribution is -0.144. The number of hydrogen-bond donors (Lipinski definition) is 2. The van der Waals surface area contributed by atoms with Crippen molar-refractivity contribution in [2.45, 2.75) is 0 Å². The van der Waals surface area contributed by atoms with E-state index in [4.69, 9.17) is 23.2 Å². The van der Waals surface area contributed by atoms with Gasteiger partial charge in [-0.1, -0.05) is 23.2 Å². The van der Waals surface area contributed by atoms with Gasteiger partial charge in [0.1, 0.15) is 11.6 Å². The number of carbonyl (C=O) groups excluding carboxylic acids is 4. The van der Waals surface area contributed by atoms with E-state index in [2.05, 4.69) is 20.1 Å². The van der Waals surface area contributed by atoms with Gasteiger partial charge in [0.05, 0.1) is 21.4 Å². The Bertz CT molecular complexity index is 995. The Labute approximate surface area is 190 Å². The van der Waals surface area contributed by atoms with Gasteiger partial charge in [-0.05, 0) is 36.4 Å². The molecule has 0 unspecified atom stereocenters. The van der Waals surface area contributed by atoms with Gasteiger partial charge < -0.3 is 20.1 Å². The van der Waals surface area contributed by atoms with Crippen molar-refractivity contribution in [1.82, 2.24) is 0 Å². The van der Waals surface area contributed by atoms with E-state index in [0.717, 1.165) is 24.3 Å². The highest BCUT2D eigenvalue weighted by Crippen LogP contribution is 2.23. The van der Waals surface area contributed by atoms with E-state index < -0.39 is 48.6 Å². The summed E-state index contributed by atoms with van der Waals surface area (Å²) < 4.78 is 35.2. The van der Waals surface area contributed by atoms with E-state index in [1.165, 1.54) is 12.1 Å². The summed E-state index contributed by atoms with van der Waals surface area (Å²) in [5.41, 5.74) is 0.238. The first-order valence-corrected chi connectivity index (χ1v) is 9.41. The minimum Gasteiger partial charge on any atom is -0.452 e. The van der Waals surface area contributed by atoms with Crippen molar-refractivity contribution in [3.63, 3.8) is 0 Å². The molecule has 0 spiro atoms. The van der Waals surface area contributed by atoms with Crippen LogP contribution < -0.4 is 10.6 Å². The van der Waals surface area contributed by atoms with Crippen LogP contribution in [0.4, 0.5) is 20.2 Å². The van der Waals surface area contributed by atoms with Crippen molar-refractivity contribution < 1.29 is 37.4 Å². The molecule has 0 aliphatic carbocycles. The Morgan fingerprint density at radius 1 is 0.750 bits per heavy atom. The van der Waals surface area contributed by atoms with Crippen molar-refractivity contribution in [3.05, 3.63) is 70.2 Å². The maximum Gasteiger partial charge on any atom is 0.331 e. The number of benzene rings is 2. The van der Waals surface area contributed by atoms with Crippen LogP contribution in [0, 0.1) is 11.6 Å². The minimum absolute atomic E-state index is 0.0435. The zero-order valence-electron chi connectivity index (χ0n) is 16.0. The summed E-state index contributed by atoms with van der Waals surface area (Å²) in [6.07, 6.45) is 1.38. The van der Waals surface area contributed by atoms with Crippen LogP contribution in [0.15, 0.2) is 48.6 Å². The van der Waals surface area contributed by atoms with Crippen LogP contribution in [0.5, 0.6) is 0 Å². The highest BCUT2D eigenvalue weighted by molar-refractivity contribution is 6.34. The van der Waals surface area contributed by atoms with Gasteiger partial charge in [0, 0.05) is 12.2 Å². The third-order valence-corrected chi connectivity index (χ3v) is 4.08. The Morgan fingerprint density at radius 3 is 1.47 bits per heavy atom. The summed E-state index contributed by atoms with van der Waals surface area (Å²) in [5, 5.41) is 4.54. The van der Waals surface area contributed by atoms with Gasteiger partial charge in [-0.2, -0.15) is 0 Å².